The van der Waals surface area contributed by atoms with Crippen LogP contribution in [0.3, 0.4) is 0 Å². The predicted molar refractivity (Wildman–Crippen MR) is 76.4 cm³/mol. The molecule has 1 rings (SSSR count). The minimum absolute atomic E-state index is 0.311. The molecule has 0 fully saturated rings. The molecule has 110 valence electrons. The van der Waals surface area contributed by atoms with Crippen LogP contribution in [0.15, 0.2) is 10.7 Å². The highest BCUT2D eigenvalue weighted by Crippen LogP contribution is 2.26. The van der Waals surface area contributed by atoms with Crippen molar-refractivity contribution in [3.8, 4) is 0 Å². The van der Waals surface area contributed by atoms with Crippen LogP contribution in [0.25, 0.3) is 0 Å². The van der Waals surface area contributed by atoms with Crippen molar-refractivity contribution in [3.63, 3.8) is 0 Å². The van der Waals surface area contributed by atoms with Crippen molar-refractivity contribution in [3.05, 3.63) is 16.4 Å². The van der Waals surface area contributed by atoms with Crippen LogP contribution in [0.2, 0.25) is 0 Å². The summed E-state index contributed by atoms with van der Waals surface area (Å²) >= 11 is 3.49. The lowest BCUT2D eigenvalue weighted by Crippen LogP contribution is -2.40. The van der Waals surface area contributed by atoms with Gasteiger partial charge in [0, 0.05) is 20.8 Å². The topological polar surface area (TPSA) is 77.6 Å². The Balaban J connectivity index is 2.98. The maximum absolute atomic E-state index is 5.63. The van der Waals surface area contributed by atoms with Crippen molar-refractivity contribution in [2.24, 2.45) is 5.84 Å². The highest BCUT2D eigenvalue weighted by atomic mass is 79.9. The second-order valence-electron chi connectivity index (χ2n) is 4.39. The normalized spacial score (nSPS) is 13.5. The molecule has 0 aliphatic rings. The molecule has 19 heavy (non-hydrogen) atoms. The van der Waals surface area contributed by atoms with E-state index >= 15 is 0 Å². The monoisotopic (exact) mass is 335 g/mol. The quantitative estimate of drug-likeness (QED) is 0.405. The lowest BCUT2D eigenvalue weighted by atomic mass is 10.2. The number of ether oxygens (including phenoxy) is 2. The lowest BCUT2D eigenvalue weighted by Gasteiger charge is -2.25. The number of nitrogens with one attached hydrogen (secondary N) is 1. The van der Waals surface area contributed by atoms with Gasteiger partial charge in [-0.2, -0.15) is 5.10 Å². The third-order valence-electron chi connectivity index (χ3n) is 2.80. The molecule has 0 radical (unpaired) electrons. The molecule has 1 atom stereocenters. The Morgan fingerprint density at radius 1 is 1.47 bits per heavy atom. The molecule has 0 spiro atoms. The second kappa shape index (κ2) is 7.93. The Labute approximate surface area is 122 Å². The molecule has 8 heteroatoms. The Kier molecular flexibility index (Phi) is 6.90. The van der Waals surface area contributed by atoms with E-state index in [1.165, 1.54) is 0 Å². The molecule has 7 nitrogen and oxygen atoms in total. The number of rotatable bonds is 8. The number of aromatic nitrogens is 2. The summed E-state index contributed by atoms with van der Waals surface area (Å²) in [7, 11) is 7.19. The number of hydrogen-bond donors (Lipinski definition) is 2. The van der Waals surface area contributed by atoms with E-state index in [0.29, 0.717) is 0 Å². The Morgan fingerprint density at radius 2 is 2.11 bits per heavy atom. The van der Waals surface area contributed by atoms with Crippen molar-refractivity contribution >= 4 is 15.9 Å². The number of hydrogen-bond acceptors (Lipinski definition) is 6. The molecule has 1 aromatic rings. The van der Waals surface area contributed by atoms with Gasteiger partial charge in [0.15, 0.2) is 6.29 Å². The highest BCUT2D eigenvalue weighted by molar-refractivity contribution is 9.10. The Hall–Kier alpha value is -0.510. The Morgan fingerprint density at radius 3 is 2.58 bits per heavy atom. The number of nitrogens with two attached hydrogens (primary N) is 1. The molecule has 0 amide bonds. The summed E-state index contributed by atoms with van der Waals surface area (Å²) in [6.07, 6.45) is 1.26. The van der Waals surface area contributed by atoms with Gasteiger partial charge in [-0.3, -0.25) is 10.5 Å². The third-order valence-corrected chi connectivity index (χ3v) is 3.41. The van der Waals surface area contributed by atoms with Crippen LogP contribution in [0.1, 0.15) is 11.7 Å². The first kappa shape index (κ1) is 16.5. The molecular weight excluding hydrogens is 314 g/mol. The van der Waals surface area contributed by atoms with Gasteiger partial charge in [0.1, 0.15) is 6.04 Å². The summed E-state index contributed by atoms with van der Waals surface area (Å²) in [6.45, 7) is 1.63. The van der Waals surface area contributed by atoms with E-state index in [1.807, 2.05) is 18.8 Å². The van der Waals surface area contributed by atoms with Crippen molar-refractivity contribution in [1.29, 1.82) is 0 Å². The summed E-state index contributed by atoms with van der Waals surface area (Å²) in [4.78, 5) is 2.09. The van der Waals surface area contributed by atoms with Gasteiger partial charge in [0.05, 0.1) is 22.9 Å². The van der Waals surface area contributed by atoms with Gasteiger partial charge in [0.25, 0.3) is 0 Å². The van der Waals surface area contributed by atoms with Crippen LogP contribution < -0.4 is 11.3 Å². The molecule has 1 aromatic heterocycles. The fourth-order valence-electron chi connectivity index (χ4n) is 1.81. The Bertz CT molecular complexity index is 381. The molecule has 0 saturated heterocycles. The van der Waals surface area contributed by atoms with Crippen LogP contribution in [-0.2, 0) is 16.0 Å². The average Bonchev–Trinajstić information content (AvgIpc) is 2.74. The van der Waals surface area contributed by atoms with Crippen LogP contribution in [-0.4, -0.2) is 55.8 Å². The first-order valence-corrected chi connectivity index (χ1v) is 6.72. The zero-order chi connectivity index (χ0) is 14.4. The van der Waals surface area contributed by atoms with Gasteiger partial charge < -0.3 is 14.4 Å². The summed E-state index contributed by atoms with van der Waals surface area (Å²) in [5, 5.41) is 4.34. The van der Waals surface area contributed by atoms with Gasteiger partial charge in [-0.1, -0.05) is 0 Å². The minimum Gasteiger partial charge on any atom is -0.354 e. The maximum Gasteiger partial charge on any atom is 0.179 e. The first-order chi connectivity index (χ1) is 9.04. The fourth-order valence-corrected chi connectivity index (χ4v) is 2.35. The summed E-state index contributed by atoms with van der Waals surface area (Å²) in [6, 6.07) is -0.311. The first-order valence-electron chi connectivity index (χ1n) is 5.92. The summed E-state index contributed by atoms with van der Waals surface area (Å²) in [5.74, 6) is 5.63. The lowest BCUT2D eigenvalue weighted by molar-refractivity contribution is -0.125. The zero-order valence-corrected chi connectivity index (χ0v) is 13.3. The van der Waals surface area contributed by atoms with Crippen molar-refractivity contribution in [2.45, 2.75) is 18.9 Å². The molecule has 0 aliphatic heterocycles. The molecule has 0 bridgehead atoms. The van der Waals surface area contributed by atoms with Crippen molar-refractivity contribution in [1.82, 2.24) is 20.1 Å². The predicted octanol–water partition coefficient (Wildman–Crippen LogP) is 0.331. The molecule has 3 N–H and O–H groups in total. The third kappa shape index (κ3) is 4.23. The number of hydrazine groups is 1. The number of likely N-dealkylation sites (N-methyl/N-ethyl adjacent to an activating group) is 1. The number of halogens is 1. The molecule has 1 unspecified atom stereocenters. The number of nitrogens with zero attached hydrogens (tertiary/aromatic N) is 3. The average molecular weight is 336 g/mol. The summed E-state index contributed by atoms with van der Waals surface area (Å²) in [5.41, 5.74) is 3.62. The highest BCUT2D eigenvalue weighted by Gasteiger charge is 2.27. The van der Waals surface area contributed by atoms with Crippen LogP contribution >= 0.6 is 15.9 Å². The maximum atomic E-state index is 5.63. The van der Waals surface area contributed by atoms with Crippen LogP contribution in [0, 0.1) is 0 Å². The van der Waals surface area contributed by atoms with E-state index in [1.54, 1.807) is 20.4 Å². The second-order valence-corrected chi connectivity index (χ2v) is 5.24. The van der Waals surface area contributed by atoms with E-state index in [2.05, 4.69) is 31.4 Å². The molecule has 0 saturated carbocycles. The van der Waals surface area contributed by atoms with Crippen molar-refractivity contribution < 1.29 is 9.47 Å². The van der Waals surface area contributed by atoms with Gasteiger partial charge >= 0.3 is 0 Å². The van der Waals surface area contributed by atoms with Gasteiger partial charge in [-0.05, 0) is 30.0 Å². The van der Waals surface area contributed by atoms with E-state index in [-0.39, 0.29) is 6.04 Å². The molecular formula is C11H22BrN5O2. The van der Waals surface area contributed by atoms with Crippen LogP contribution in [0.5, 0.6) is 0 Å². The number of methoxy groups -OCH3 is 2. The van der Waals surface area contributed by atoms with E-state index in [4.69, 9.17) is 15.3 Å². The minimum atomic E-state index is -0.490. The van der Waals surface area contributed by atoms with Gasteiger partial charge in [-0.25, -0.2) is 5.43 Å². The van der Waals surface area contributed by atoms with Gasteiger partial charge in [-0.15, -0.1) is 0 Å². The van der Waals surface area contributed by atoms with Crippen molar-refractivity contribution in [2.75, 3.05) is 34.9 Å². The van der Waals surface area contributed by atoms with E-state index in [0.717, 1.165) is 23.3 Å². The smallest absolute Gasteiger partial charge is 0.179 e. The van der Waals surface area contributed by atoms with Gasteiger partial charge in [0.2, 0.25) is 0 Å². The van der Waals surface area contributed by atoms with E-state index in [9.17, 15) is 0 Å². The molecule has 0 aromatic carbocycles. The largest absolute Gasteiger partial charge is 0.354 e. The SMILES string of the molecule is COC(OC)C(NN)c1c(Br)cnn1CCN(C)C. The standard InChI is InChI=1S/C11H22BrN5O2/c1-16(2)5-6-17-10(8(12)7-14-17)9(15-13)11(18-3)19-4/h7,9,11,15H,5-6,13H2,1-4H3. The zero-order valence-electron chi connectivity index (χ0n) is 11.8. The summed E-state index contributed by atoms with van der Waals surface area (Å²) < 4.78 is 13.3. The van der Waals surface area contributed by atoms with E-state index < -0.39 is 6.29 Å². The molecule has 0 aliphatic carbocycles. The fraction of sp³-hybridized carbons (Fsp3) is 0.727. The van der Waals surface area contributed by atoms with Crippen LogP contribution in [0.4, 0.5) is 0 Å². The molecule has 1 heterocycles.